The molecule has 1 aromatic rings. The summed E-state index contributed by atoms with van der Waals surface area (Å²) in [7, 11) is 1.54. The lowest BCUT2D eigenvalue weighted by molar-refractivity contribution is -0.136. The first-order chi connectivity index (χ1) is 7.92. The largest absolute Gasteiger partial charge is 0.369 e. The van der Waals surface area contributed by atoms with Crippen molar-refractivity contribution in [2.75, 3.05) is 12.4 Å². The van der Waals surface area contributed by atoms with E-state index >= 15 is 0 Å². The van der Waals surface area contributed by atoms with E-state index in [9.17, 15) is 4.79 Å². The molecule has 1 aromatic heterocycles. The van der Waals surface area contributed by atoms with Crippen molar-refractivity contribution < 1.29 is 9.53 Å². The summed E-state index contributed by atoms with van der Waals surface area (Å²) in [5.74, 6) is -0.161. The van der Waals surface area contributed by atoms with Gasteiger partial charge in [-0.1, -0.05) is 6.92 Å². The number of aryl methyl sites for hydroxylation is 1. The van der Waals surface area contributed by atoms with E-state index in [4.69, 9.17) is 4.74 Å². The number of amides is 1. The fraction of sp³-hybridized carbons (Fsp3) is 0.500. The number of carbonyl (C=O) groups is 1. The molecule has 0 saturated carbocycles. The zero-order chi connectivity index (χ0) is 13.1. The Kier molecular flexibility index (Phi) is 4.65. The molecule has 1 heterocycles. The maximum Gasteiger partial charge on any atom is 0.256 e. The number of aromatic nitrogens is 1. The van der Waals surface area contributed by atoms with Crippen molar-refractivity contribution in [3.05, 3.63) is 22.4 Å². The minimum absolute atomic E-state index is 0.161. The Hall–Kier alpha value is -0.940. The van der Waals surface area contributed by atoms with E-state index in [1.807, 2.05) is 19.9 Å². The molecule has 17 heavy (non-hydrogen) atoms. The van der Waals surface area contributed by atoms with E-state index in [0.29, 0.717) is 12.1 Å². The summed E-state index contributed by atoms with van der Waals surface area (Å²) in [6, 6.07) is 1.86. The average molecular weight is 301 g/mol. The van der Waals surface area contributed by atoms with Gasteiger partial charge in [0.15, 0.2) is 0 Å². The van der Waals surface area contributed by atoms with Crippen LogP contribution in [0, 0.1) is 6.92 Å². The Morgan fingerprint density at radius 2 is 2.29 bits per heavy atom. The van der Waals surface area contributed by atoms with E-state index in [-0.39, 0.29) is 5.91 Å². The topological polar surface area (TPSA) is 51.2 Å². The number of hydrogen-bond acceptors (Lipinski definition) is 3. The minimum atomic E-state index is -0.805. The molecular formula is C12H17BrN2O2. The molecule has 0 aliphatic heterocycles. The van der Waals surface area contributed by atoms with Gasteiger partial charge in [-0.05, 0) is 47.8 Å². The van der Waals surface area contributed by atoms with Crippen LogP contribution in [0.25, 0.3) is 0 Å². The number of pyridine rings is 1. The van der Waals surface area contributed by atoms with Gasteiger partial charge >= 0.3 is 0 Å². The number of nitrogens with one attached hydrogen (secondary N) is 1. The molecule has 0 bridgehead atoms. The third-order valence-corrected chi connectivity index (χ3v) is 3.71. The van der Waals surface area contributed by atoms with Crippen LogP contribution < -0.4 is 5.32 Å². The molecule has 0 aliphatic rings. The van der Waals surface area contributed by atoms with Crippen molar-refractivity contribution in [2.24, 2.45) is 0 Å². The standard InChI is InChI=1S/C12H17BrN2O2/c1-5-12(3,17-4)11(16)15-9-6-8(2)10(13)14-7-9/h6-7H,5H2,1-4H3,(H,15,16). The van der Waals surface area contributed by atoms with E-state index in [0.717, 1.165) is 10.2 Å². The number of carbonyl (C=O) groups excluding carboxylic acids is 1. The smallest absolute Gasteiger partial charge is 0.256 e. The fourth-order valence-corrected chi connectivity index (χ4v) is 1.50. The van der Waals surface area contributed by atoms with Crippen molar-refractivity contribution in [1.29, 1.82) is 0 Å². The van der Waals surface area contributed by atoms with Crippen molar-refractivity contribution >= 4 is 27.5 Å². The molecule has 4 nitrogen and oxygen atoms in total. The number of halogens is 1. The van der Waals surface area contributed by atoms with Crippen molar-refractivity contribution in [1.82, 2.24) is 4.98 Å². The molecule has 0 saturated heterocycles. The number of nitrogens with zero attached hydrogens (tertiary/aromatic N) is 1. The van der Waals surface area contributed by atoms with E-state index in [2.05, 4.69) is 26.2 Å². The van der Waals surface area contributed by atoms with Crippen LogP contribution in [0.5, 0.6) is 0 Å². The molecule has 0 radical (unpaired) electrons. The van der Waals surface area contributed by atoms with E-state index in [1.165, 1.54) is 7.11 Å². The van der Waals surface area contributed by atoms with E-state index < -0.39 is 5.60 Å². The number of rotatable bonds is 4. The highest BCUT2D eigenvalue weighted by atomic mass is 79.9. The molecule has 1 rings (SSSR count). The summed E-state index contributed by atoms with van der Waals surface area (Å²) in [6.45, 7) is 5.59. The predicted molar refractivity (Wildman–Crippen MR) is 71.0 cm³/mol. The first kappa shape index (κ1) is 14.1. The second-order valence-electron chi connectivity index (χ2n) is 4.07. The van der Waals surface area contributed by atoms with Gasteiger partial charge in [-0.25, -0.2) is 4.98 Å². The lowest BCUT2D eigenvalue weighted by atomic mass is 10.0. The Morgan fingerprint density at radius 1 is 1.65 bits per heavy atom. The van der Waals surface area contributed by atoms with Crippen LogP contribution >= 0.6 is 15.9 Å². The average Bonchev–Trinajstić information content (AvgIpc) is 2.32. The van der Waals surface area contributed by atoms with Gasteiger partial charge in [-0.15, -0.1) is 0 Å². The Bertz CT molecular complexity index is 417. The van der Waals surface area contributed by atoms with Crippen molar-refractivity contribution in [3.63, 3.8) is 0 Å². The maximum absolute atomic E-state index is 12.0. The Labute approximate surface area is 110 Å². The van der Waals surface area contributed by atoms with Gasteiger partial charge < -0.3 is 10.1 Å². The monoisotopic (exact) mass is 300 g/mol. The molecule has 94 valence electrons. The van der Waals surface area contributed by atoms with Gasteiger partial charge in [0, 0.05) is 7.11 Å². The molecule has 1 amide bonds. The molecule has 0 aliphatic carbocycles. The molecule has 0 fully saturated rings. The second kappa shape index (κ2) is 5.60. The number of methoxy groups -OCH3 is 1. The van der Waals surface area contributed by atoms with E-state index in [1.54, 1.807) is 13.1 Å². The van der Waals surface area contributed by atoms with Crippen LogP contribution in [0.4, 0.5) is 5.69 Å². The Balaban J connectivity index is 2.84. The van der Waals surface area contributed by atoms with Gasteiger partial charge in [0.2, 0.25) is 0 Å². The SMILES string of the molecule is CCC(C)(OC)C(=O)Nc1cnc(Br)c(C)c1. The first-order valence-electron chi connectivity index (χ1n) is 5.41. The quantitative estimate of drug-likeness (QED) is 0.870. The highest BCUT2D eigenvalue weighted by molar-refractivity contribution is 9.10. The highest BCUT2D eigenvalue weighted by Crippen LogP contribution is 2.20. The summed E-state index contributed by atoms with van der Waals surface area (Å²) < 4.78 is 6.01. The fourth-order valence-electron chi connectivity index (χ4n) is 1.29. The van der Waals surface area contributed by atoms with Gasteiger partial charge in [0.05, 0.1) is 11.9 Å². The van der Waals surface area contributed by atoms with Crippen molar-refractivity contribution in [2.45, 2.75) is 32.8 Å². The van der Waals surface area contributed by atoms with Crippen LogP contribution in [0.2, 0.25) is 0 Å². The first-order valence-corrected chi connectivity index (χ1v) is 6.21. The predicted octanol–water partition coefficient (Wildman–Crippen LogP) is 2.91. The normalized spacial score (nSPS) is 14.2. The Morgan fingerprint density at radius 3 is 2.76 bits per heavy atom. The molecular weight excluding hydrogens is 284 g/mol. The van der Waals surface area contributed by atoms with Crippen LogP contribution in [-0.2, 0) is 9.53 Å². The zero-order valence-electron chi connectivity index (χ0n) is 10.5. The lowest BCUT2D eigenvalue weighted by Crippen LogP contribution is -2.41. The third kappa shape index (κ3) is 3.26. The third-order valence-electron chi connectivity index (χ3n) is 2.88. The zero-order valence-corrected chi connectivity index (χ0v) is 12.1. The number of ether oxygens (including phenoxy) is 1. The minimum Gasteiger partial charge on any atom is -0.369 e. The lowest BCUT2D eigenvalue weighted by Gasteiger charge is -2.25. The second-order valence-corrected chi connectivity index (χ2v) is 4.83. The summed E-state index contributed by atoms with van der Waals surface area (Å²) in [5.41, 5.74) is 0.840. The van der Waals surface area contributed by atoms with Gasteiger partial charge in [-0.3, -0.25) is 4.79 Å². The number of hydrogen-bond donors (Lipinski definition) is 1. The van der Waals surface area contributed by atoms with Crippen LogP contribution in [-0.4, -0.2) is 23.6 Å². The highest BCUT2D eigenvalue weighted by Gasteiger charge is 2.30. The molecule has 0 spiro atoms. The molecule has 0 aromatic carbocycles. The van der Waals surface area contributed by atoms with Crippen LogP contribution in [0.3, 0.4) is 0 Å². The van der Waals surface area contributed by atoms with Gasteiger partial charge in [-0.2, -0.15) is 0 Å². The van der Waals surface area contributed by atoms with Crippen molar-refractivity contribution in [3.8, 4) is 0 Å². The molecule has 1 atom stereocenters. The van der Waals surface area contributed by atoms with Gasteiger partial charge in [0.1, 0.15) is 10.2 Å². The number of anilines is 1. The molecule has 1 unspecified atom stereocenters. The molecule has 1 N–H and O–H groups in total. The molecule has 5 heteroatoms. The van der Waals surface area contributed by atoms with Crippen LogP contribution in [0.15, 0.2) is 16.9 Å². The summed E-state index contributed by atoms with van der Waals surface area (Å²) in [5, 5.41) is 2.81. The summed E-state index contributed by atoms with van der Waals surface area (Å²) in [6.07, 6.45) is 2.22. The van der Waals surface area contributed by atoms with Crippen LogP contribution in [0.1, 0.15) is 25.8 Å². The van der Waals surface area contributed by atoms with Gasteiger partial charge in [0.25, 0.3) is 5.91 Å². The summed E-state index contributed by atoms with van der Waals surface area (Å²) >= 11 is 3.31. The summed E-state index contributed by atoms with van der Waals surface area (Å²) in [4.78, 5) is 16.1. The maximum atomic E-state index is 12.0.